The second-order valence-corrected chi connectivity index (χ2v) is 6.27. The zero-order chi connectivity index (χ0) is 15.9. The van der Waals surface area contributed by atoms with E-state index in [9.17, 15) is 4.79 Å². The number of carbonyl (C=O) groups is 1. The fraction of sp³-hybridized carbons (Fsp3) is 0.562. The van der Waals surface area contributed by atoms with Gasteiger partial charge in [-0.05, 0) is 33.1 Å². The van der Waals surface area contributed by atoms with E-state index in [-0.39, 0.29) is 11.9 Å². The summed E-state index contributed by atoms with van der Waals surface area (Å²) < 4.78 is 7.25. The number of carbonyl (C=O) groups excluding carboxylic acids is 1. The van der Waals surface area contributed by atoms with Crippen LogP contribution in [0.3, 0.4) is 0 Å². The van der Waals surface area contributed by atoms with Crippen LogP contribution in [0.4, 0.5) is 0 Å². The third-order valence-electron chi connectivity index (χ3n) is 4.35. The summed E-state index contributed by atoms with van der Waals surface area (Å²) in [6, 6.07) is -0.156. The first-order valence-corrected chi connectivity index (χ1v) is 7.75. The lowest BCUT2D eigenvalue weighted by Crippen LogP contribution is -2.27. The number of imidazole rings is 1. The van der Waals surface area contributed by atoms with Crippen LogP contribution in [0.1, 0.15) is 59.6 Å². The highest BCUT2D eigenvalue weighted by molar-refractivity contribution is 5.92. The van der Waals surface area contributed by atoms with E-state index in [1.54, 1.807) is 0 Å². The zero-order valence-corrected chi connectivity index (χ0v) is 13.5. The molecule has 2 unspecified atom stereocenters. The molecule has 0 saturated heterocycles. The second-order valence-electron chi connectivity index (χ2n) is 6.27. The van der Waals surface area contributed by atoms with Gasteiger partial charge in [-0.2, -0.15) is 0 Å². The smallest absolute Gasteiger partial charge is 0.271 e. The van der Waals surface area contributed by atoms with Crippen molar-refractivity contribution in [2.75, 3.05) is 0 Å². The summed E-state index contributed by atoms with van der Waals surface area (Å²) in [4.78, 5) is 16.9. The molecule has 6 nitrogen and oxygen atoms in total. The van der Waals surface area contributed by atoms with Crippen LogP contribution >= 0.6 is 0 Å². The summed E-state index contributed by atoms with van der Waals surface area (Å²) in [7, 11) is 0. The fourth-order valence-electron chi connectivity index (χ4n) is 3.14. The Bertz CT molecular complexity index is 682. The van der Waals surface area contributed by atoms with Gasteiger partial charge in [0.15, 0.2) is 0 Å². The number of aromatic nitrogens is 3. The summed E-state index contributed by atoms with van der Waals surface area (Å²) in [5.41, 5.74) is 2.23. The molecule has 1 N–H and O–H groups in total. The molecule has 6 heteroatoms. The highest BCUT2D eigenvalue weighted by Gasteiger charge is 2.23. The number of nitrogens with one attached hydrogen (secondary N) is 1. The number of nitrogens with zero attached hydrogens (tertiary/aromatic N) is 3. The molecule has 1 aliphatic heterocycles. The van der Waals surface area contributed by atoms with Gasteiger partial charge in [0.05, 0.1) is 11.7 Å². The van der Waals surface area contributed by atoms with Gasteiger partial charge in [-0.25, -0.2) is 4.98 Å². The molecule has 22 heavy (non-hydrogen) atoms. The van der Waals surface area contributed by atoms with Crippen molar-refractivity contribution in [1.82, 2.24) is 20.0 Å². The number of fused-ring (bicyclic) bond motifs is 1. The number of aryl methyl sites for hydroxylation is 3. The lowest BCUT2D eigenvalue weighted by Gasteiger charge is -2.18. The van der Waals surface area contributed by atoms with Crippen molar-refractivity contribution in [2.45, 2.75) is 53.1 Å². The zero-order valence-electron chi connectivity index (χ0n) is 13.5. The Morgan fingerprint density at radius 2 is 2.27 bits per heavy atom. The summed E-state index contributed by atoms with van der Waals surface area (Å²) in [5, 5.41) is 6.92. The molecule has 1 amide bonds. The predicted octanol–water partition coefficient (Wildman–Crippen LogP) is 2.56. The highest BCUT2D eigenvalue weighted by atomic mass is 16.5. The first-order chi connectivity index (χ1) is 10.5. The maximum Gasteiger partial charge on any atom is 0.271 e. The van der Waals surface area contributed by atoms with Crippen molar-refractivity contribution < 1.29 is 9.32 Å². The molecular weight excluding hydrogens is 280 g/mol. The van der Waals surface area contributed by atoms with Crippen molar-refractivity contribution in [2.24, 2.45) is 5.92 Å². The molecule has 118 valence electrons. The summed E-state index contributed by atoms with van der Waals surface area (Å²) in [5.74, 6) is 2.23. The normalized spacial score (nSPS) is 18.8. The second kappa shape index (κ2) is 5.59. The topological polar surface area (TPSA) is 73.0 Å². The molecule has 0 saturated carbocycles. The lowest BCUT2D eigenvalue weighted by molar-refractivity contribution is 0.0935. The predicted molar refractivity (Wildman–Crippen MR) is 81.6 cm³/mol. The SMILES string of the molecule is Cc1noc(C)c1C(C)NC(=O)c1cn2c(n1)CC(C)CC2. The van der Waals surface area contributed by atoms with E-state index in [0.29, 0.717) is 11.6 Å². The van der Waals surface area contributed by atoms with Crippen LogP contribution in [-0.4, -0.2) is 20.6 Å². The third-order valence-corrected chi connectivity index (χ3v) is 4.35. The third kappa shape index (κ3) is 2.65. The number of rotatable bonds is 3. The van der Waals surface area contributed by atoms with Gasteiger partial charge in [0.1, 0.15) is 17.3 Å². The van der Waals surface area contributed by atoms with Crippen LogP contribution in [0.2, 0.25) is 0 Å². The Kier molecular flexibility index (Phi) is 3.76. The van der Waals surface area contributed by atoms with Gasteiger partial charge in [0, 0.05) is 24.7 Å². The summed E-state index contributed by atoms with van der Waals surface area (Å²) in [6.45, 7) is 8.83. The Labute approximate surface area is 129 Å². The molecular formula is C16H22N4O2. The molecule has 0 fully saturated rings. The van der Waals surface area contributed by atoms with E-state index in [4.69, 9.17) is 4.52 Å². The van der Waals surface area contributed by atoms with Gasteiger partial charge in [-0.1, -0.05) is 12.1 Å². The molecule has 0 aliphatic carbocycles. The average molecular weight is 302 g/mol. The summed E-state index contributed by atoms with van der Waals surface area (Å²) in [6.07, 6.45) is 3.93. The standard InChI is InChI=1S/C16H22N4O2/c1-9-5-6-20-8-13(18-14(20)7-9)16(21)17-10(2)15-11(3)19-22-12(15)4/h8-10H,5-7H2,1-4H3,(H,17,21). The first kappa shape index (κ1) is 14.8. The van der Waals surface area contributed by atoms with Gasteiger partial charge in [0.25, 0.3) is 5.91 Å². The molecule has 0 aromatic carbocycles. The van der Waals surface area contributed by atoms with Gasteiger partial charge in [-0.15, -0.1) is 0 Å². The maximum absolute atomic E-state index is 12.4. The largest absolute Gasteiger partial charge is 0.361 e. The molecule has 0 radical (unpaired) electrons. The Hall–Kier alpha value is -2.11. The van der Waals surface area contributed by atoms with Gasteiger partial charge in [0.2, 0.25) is 0 Å². The van der Waals surface area contributed by atoms with Crippen LogP contribution in [0.5, 0.6) is 0 Å². The van der Waals surface area contributed by atoms with Crippen molar-refractivity contribution in [1.29, 1.82) is 0 Å². The molecule has 0 spiro atoms. The van der Waals surface area contributed by atoms with Crippen molar-refractivity contribution in [3.05, 3.63) is 34.7 Å². The Morgan fingerprint density at radius 3 is 2.95 bits per heavy atom. The van der Waals surface area contributed by atoms with E-state index in [2.05, 4.69) is 26.9 Å². The number of amides is 1. The maximum atomic E-state index is 12.4. The van der Waals surface area contributed by atoms with Crippen LogP contribution in [0, 0.1) is 19.8 Å². The fourth-order valence-corrected chi connectivity index (χ4v) is 3.14. The van der Waals surface area contributed by atoms with Crippen molar-refractivity contribution in [3.63, 3.8) is 0 Å². The number of hydrogen-bond donors (Lipinski definition) is 1. The molecule has 2 atom stereocenters. The lowest BCUT2D eigenvalue weighted by atomic mass is 10.0. The van der Waals surface area contributed by atoms with Crippen LogP contribution in [-0.2, 0) is 13.0 Å². The molecule has 0 bridgehead atoms. The minimum atomic E-state index is -0.156. The van der Waals surface area contributed by atoms with Crippen LogP contribution < -0.4 is 5.32 Å². The van der Waals surface area contributed by atoms with E-state index < -0.39 is 0 Å². The van der Waals surface area contributed by atoms with Crippen molar-refractivity contribution in [3.8, 4) is 0 Å². The van der Waals surface area contributed by atoms with E-state index >= 15 is 0 Å². The molecule has 1 aliphatic rings. The monoisotopic (exact) mass is 302 g/mol. The Balaban J connectivity index is 1.75. The van der Waals surface area contributed by atoms with Crippen molar-refractivity contribution >= 4 is 5.91 Å². The van der Waals surface area contributed by atoms with Gasteiger partial charge >= 0.3 is 0 Å². The molecule has 3 rings (SSSR count). The first-order valence-electron chi connectivity index (χ1n) is 7.75. The van der Waals surface area contributed by atoms with E-state index in [0.717, 1.165) is 42.2 Å². The van der Waals surface area contributed by atoms with E-state index in [1.807, 2.05) is 27.0 Å². The van der Waals surface area contributed by atoms with Crippen LogP contribution in [0.15, 0.2) is 10.7 Å². The quantitative estimate of drug-likeness (QED) is 0.945. The molecule has 2 aromatic heterocycles. The Morgan fingerprint density at radius 1 is 1.50 bits per heavy atom. The van der Waals surface area contributed by atoms with Crippen LogP contribution in [0.25, 0.3) is 0 Å². The molecule has 2 aromatic rings. The van der Waals surface area contributed by atoms with Gasteiger partial charge in [-0.3, -0.25) is 4.79 Å². The molecule has 3 heterocycles. The minimum absolute atomic E-state index is 0.151. The average Bonchev–Trinajstić information content (AvgIpc) is 3.02. The van der Waals surface area contributed by atoms with E-state index in [1.165, 1.54) is 0 Å². The minimum Gasteiger partial charge on any atom is -0.361 e. The number of hydrogen-bond acceptors (Lipinski definition) is 4. The highest BCUT2D eigenvalue weighted by Crippen LogP contribution is 2.22. The van der Waals surface area contributed by atoms with Gasteiger partial charge < -0.3 is 14.4 Å². The summed E-state index contributed by atoms with van der Waals surface area (Å²) >= 11 is 0.